The Morgan fingerprint density at radius 1 is 1.20 bits per heavy atom. The van der Waals surface area contributed by atoms with Gasteiger partial charge in [-0.15, -0.1) is 23.1 Å². The monoisotopic (exact) mass is 378 g/mol. The number of hydrogen-bond acceptors (Lipinski definition) is 6. The maximum absolute atomic E-state index is 11.9. The fourth-order valence-corrected chi connectivity index (χ4v) is 3.53. The first-order chi connectivity index (χ1) is 12.1. The Morgan fingerprint density at radius 3 is 2.64 bits per heavy atom. The third-order valence-electron chi connectivity index (χ3n) is 3.30. The highest BCUT2D eigenvalue weighted by atomic mass is 32.2. The van der Waals surface area contributed by atoms with E-state index < -0.39 is 0 Å². The van der Waals surface area contributed by atoms with Crippen LogP contribution in [0.3, 0.4) is 0 Å². The molecule has 134 valence electrons. The first kappa shape index (κ1) is 19.5. The van der Waals surface area contributed by atoms with Crippen LogP contribution in [0.2, 0.25) is 0 Å². The Morgan fingerprint density at radius 2 is 1.96 bits per heavy atom. The van der Waals surface area contributed by atoms with Crippen molar-refractivity contribution in [2.24, 2.45) is 0 Å². The standard InChI is InChI=1S/C18H22N2O3S2/c1-3-5-13-6-8-14(9-7-13)15-10-25-18(19-15)20-16(21)11-24-12-17(22)23-4-2/h6-10H,3-5,11-12H2,1-2H3,(H,19,20,21). The highest BCUT2D eigenvalue weighted by Crippen LogP contribution is 2.25. The molecule has 0 radical (unpaired) electrons. The van der Waals surface area contributed by atoms with Crippen LogP contribution in [0.4, 0.5) is 5.13 Å². The van der Waals surface area contributed by atoms with E-state index in [9.17, 15) is 9.59 Å². The quantitative estimate of drug-likeness (QED) is 0.668. The van der Waals surface area contributed by atoms with E-state index in [2.05, 4.69) is 41.5 Å². The largest absolute Gasteiger partial charge is 0.465 e. The van der Waals surface area contributed by atoms with E-state index >= 15 is 0 Å². The maximum atomic E-state index is 11.9. The van der Waals surface area contributed by atoms with E-state index in [4.69, 9.17) is 4.74 Å². The van der Waals surface area contributed by atoms with Crippen molar-refractivity contribution in [3.8, 4) is 11.3 Å². The third-order valence-corrected chi connectivity index (χ3v) is 4.96. The second-order valence-corrected chi connectivity index (χ2v) is 7.17. The minimum absolute atomic E-state index is 0.173. The molecule has 1 aromatic heterocycles. The van der Waals surface area contributed by atoms with Crippen LogP contribution < -0.4 is 5.32 Å². The molecular formula is C18H22N2O3S2. The highest BCUT2D eigenvalue weighted by Gasteiger charge is 2.10. The number of aromatic nitrogens is 1. The van der Waals surface area contributed by atoms with Crippen LogP contribution in [0.15, 0.2) is 29.6 Å². The predicted molar refractivity (Wildman–Crippen MR) is 104 cm³/mol. The minimum Gasteiger partial charge on any atom is -0.465 e. The number of anilines is 1. The second-order valence-electron chi connectivity index (χ2n) is 5.33. The van der Waals surface area contributed by atoms with Crippen molar-refractivity contribution in [1.82, 2.24) is 4.98 Å². The topological polar surface area (TPSA) is 68.3 Å². The molecule has 0 atom stereocenters. The van der Waals surface area contributed by atoms with Crippen molar-refractivity contribution in [2.75, 3.05) is 23.4 Å². The molecule has 1 amide bonds. The predicted octanol–water partition coefficient (Wildman–Crippen LogP) is 4.00. The molecule has 2 rings (SSSR count). The summed E-state index contributed by atoms with van der Waals surface area (Å²) in [6.07, 6.45) is 2.20. The molecule has 25 heavy (non-hydrogen) atoms. The number of nitrogens with one attached hydrogen (secondary N) is 1. The van der Waals surface area contributed by atoms with Gasteiger partial charge in [0.05, 0.1) is 23.8 Å². The Balaban J connectivity index is 1.84. The normalized spacial score (nSPS) is 10.5. The summed E-state index contributed by atoms with van der Waals surface area (Å²) in [5, 5.41) is 5.26. The van der Waals surface area contributed by atoms with E-state index in [1.165, 1.54) is 28.7 Å². The Kier molecular flexibility index (Phi) is 7.94. The van der Waals surface area contributed by atoms with E-state index in [1.54, 1.807) is 6.92 Å². The molecule has 0 bridgehead atoms. The maximum Gasteiger partial charge on any atom is 0.315 e. The number of carbonyl (C=O) groups is 2. The summed E-state index contributed by atoms with van der Waals surface area (Å²) in [5.41, 5.74) is 3.20. The summed E-state index contributed by atoms with van der Waals surface area (Å²) >= 11 is 2.62. The molecule has 0 saturated heterocycles. The van der Waals surface area contributed by atoms with Gasteiger partial charge in [-0.3, -0.25) is 9.59 Å². The molecule has 1 heterocycles. The van der Waals surface area contributed by atoms with E-state index in [-0.39, 0.29) is 23.4 Å². The van der Waals surface area contributed by atoms with Crippen LogP contribution in [0, 0.1) is 0 Å². The highest BCUT2D eigenvalue weighted by molar-refractivity contribution is 8.00. The van der Waals surface area contributed by atoms with Crippen molar-refractivity contribution in [1.29, 1.82) is 0 Å². The van der Waals surface area contributed by atoms with Gasteiger partial charge in [-0.05, 0) is 18.9 Å². The fourth-order valence-electron chi connectivity index (χ4n) is 2.18. The zero-order valence-corrected chi connectivity index (χ0v) is 16.0. The molecule has 5 nitrogen and oxygen atoms in total. The zero-order chi connectivity index (χ0) is 18.1. The molecule has 2 aromatic rings. The van der Waals surface area contributed by atoms with Gasteiger partial charge >= 0.3 is 5.97 Å². The molecular weight excluding hydrogens is 356 g/mol. The number of rotatable bonds is 9. The summed E-state index contributed by atoms with van der Waals surface area (Å²) in [4.78, 5) is 27.6. The van der Waals surface area contributed by atoms with Crippen molar-refractivity contribution < 1.29 is 14.3 Å². The SMILES string of the molecule is CCCc1ccc(-c2csc(NC(=O)CSCC(=O)OCC)n2)cc1. The Bertz CT molecular complexity index is 699. The van der Waals surface area contributed by atoms with Gasteiger partial charge in [0.1, 0.15) is 0 Å². The summed E-state index contributed by atoms with van der Waals surface area (Å²) in [6.45, 7) is 4.27. The van der Waals surface area contributed by atoms with Gasteiger partial charge in [-0.1, -0.05) is 37.6 Å². The lowest BCUT2D eigenvalue weighted by molar-refractivity contribution is -0.139. The van der Waals surface area contributed by atoms with Crippen LogP contribution in [-0.4, -0.2) is 35.0 Å². The number of carbonyl (C=O) groups excluding carboxylic acids is 2. The summed E-state index contributed by atoms with van der Waals surface area (Å²) in [7, 11) is 0. The van der Waals surface area contributed by atoms with Crippen molar-refractivity contribution in [2.45, 2.75) is 26.7 Å². The number of hydrogen-bond donors (Lipinski definition) is 1. The van der Waals surface area contributed by atoms with Gasteiger partial charge in [0.2, 0.25) is 5.91 Å². The van der Waals surface area contributed by atoms with Gasteiger partial charge in [0.15, 0.2) is 5.13 Å². The zero-order valence-electron chi connectivity index (χ0n) is 14.4. The molecule has 0 aliphatic carbocycles. The number of thioether (sulfide) groups is 1. The number of thiazole rings is 1. The number of aryl methyl sites for hydroxylation is 1. The van der Waals surface area contributed by atoms with E-state index in [1.807, 2.05) is 5.38 Å². The average molecular weight is 379 g/mol. The number of nitrogens with zero attached hydrogens (tertiary/aromatic N) is 1. The minimum atomic E-state index is -0.302. The van der Waals surface area contributed by atoms with Crippen molar-refractivity contribution in [3.05, 3.63) is 35.2 Å². The number of amides is 1. The Hall–Kier alpha value is -1.86. The second kappa shape index (κ2) is 10.2. The lowest BCUT2D eigenvalue weighted by Crippen LogP contribution is -2.16. The van der Waals surface area contributed by atoms with Crippen LogP contribution >= 0.6 is 23.1 Å². The van der Waals surface area contributed by atoms with Gasteiger partial charge in [-0.25, -0.2) is 4.98 Å². The molecule has 0 fully saturated rings. The van der Waals surface area contributed by atoms with E-state index in [0.29, 0.717) is 11.7 Å². The third kappa shape index (κ3) is 6.51. The molecule has 1 aromatic carbocycles. The van der Waals surface area contributed by atoms with Gasteiger partial charge in [-0.2, -0.15) is 0 Å². The van der Waals surface area contributed by atoms with Crippen LogP contribution in [0.5, 0.6) is 0 Å². The van der Waals surface area contributed by atoms with Crippen molar-refractivity contribution in [3.63, 3.8) is 0 Å². The van der Waals surface area contributed by atoms with Gasteiger partial charge in [0.25, 0.3) is 0 Å². The lowest BCUT2D eigenvalue weighted by Gasteiger charge is -2.03. The molecule has 0 spiro atoms. The Labute approximate surface area is 156 Å². The summed E-state index contributed by atoms with van der Waals surface area (Å²) < 4.78 is 4.82. The molecule has 0 unspecified atom stereocenters. The molecule has 0 aliphatic rings. The average Bonchev–Trinajstić information content (AvgIpc) is 3.04. The molecule has 7 heteroatoms. The van der Waals surface area contributed by atoms with Crippen LogP contribution in [0.25, 0.3) is 11.3 Å². The number of ether oxygens (including phenoxy) is 1. The summed E-state index contributed by atoms with van der Waals surface area (Å²) in [6, 6.07) is 8.34. The molecule has 1 N–H and O–H groups in total. The van der Waals surface area contributed by atoms with Crippen LogP contribution in [-0.2, 0) is 20.7 Å². The first-order valence-electron chi connectivity index (χ1n) is 8.20. The van der Waals surface area contributed by atoms with E-state index in [0.717, 1.165) is 24.1 Å². The van der Waals surface area contributed by atoms with Crippen molar-refractivity contribution >= 4 is 40.1 Å². The smallest absolute Gasteiger partial charge is 0.315 e. The van der Waals surface area contributed by atoms with Crippen LogP contribution in [0.1, 0.15) is 25.8 Å². The lowest BCUT2D eigenvalue weighted by atomic mass is 10.1. The van der Waals surface area contributed by atoms with Gasteiger partial charge in [0, 0.05) is 10.9 Å². The molecule has 0 aliphatic heterocycles. The number of benzene rings is 1. The molecule has 0 saturated carbocycles. The fraction of sp³-hybridized carbons (Fsp3) is 0.389. The number of esters is 1. The van der Waals surface area contributed by atoms with Gasteiger partial charge < -0.3 is 10.1 Å². The summed E-state index contributed by atoms with van der Waals surface area (Å²) in [5.74, 6) is -0.106. The first-order valence-corrected chi connectivity index (χ1v) is 10.2.